The van der Waals surface area contributed by atoms with E-state index < -0.39 is 0 Å². The number of carbonyl (C=O) groups is 2. The largest absolute Gasteiger partial charge is 0.466 e. The van der Waals surface area contributed by atoms with Crippen molar-refractivity contribution in [1.29, 1.82) is 0 Å². The van der Waals surface area contributed by atoms with Gasteiger partial charge in [0.25, 0.3) is 0 Å². The first kappa shape index (κ1) is 21.2. The van der Waals surface area contributed by atoms with Crippen molar-refractivity contribution >= 4 is 11.9 Å². The molecule has 0 spiro atoms. The zero-order valence-electron chi connectivity index (χ0n) is 16.8. The van der Waals surface area contributed by atoms with E-state index in [1.165, 1.54) is 51.4 Å². The van der Waals surface area contributed by atoms with E-state index in [4.69, 9.17) is 4.74 Å². The van der Waals surface area contributed by atoms with Crippen LogP contribution in [0.25, 0.3) is 0 Å². The minimum absolute atomic E-state index is 0.187. The molecule has 0 radical (unpaired) electrons. The first-order valence-electron chi connectivity index (χ1n) is 11.2. The van der Waals surface area contributed by atoms with Gasteiger partial charge >= 0.3 is 5.97 Å². The molecule has 26 heavy (non-hydrogen) atoms. The van der Waals surface area contributed by atoms with Crippen LogP contribution in [0.15, 0.2) is 0 Å². The van der Waals surface area contributed by atoms with Crippen molar-refractivity contribution in [1.82, 2.24) is 4.90 Å². The van der Waals surface area contributed by atoms with Gasteiger partial charge in [-0.05, 0) is 32.1 Å². The van der Waals surface area contributed by atoms with Crippen molar-refractivity contribution in [3.63, 3.8) is 0 Å². The molecule has 150 valence electrons. The van der Waals surface area contributed by atoms with Crippen molar-refractivity contribution in [2.45, 2.75) is 122 Å². The van der Waals surface area contributed by atoms with Crippen molar-refractivity contribution in [3.05, 3.63) is 0 Å². The van der Waals surface area contributed by atoms with E-state index in [2.05, 4.69) is 11.8 Å². The first-order valence-corrected chi connectivity index (χ1v) is 11.2. The van der Waals surface area contributed by atoms with Gasteiger partial charge in [0.2, 0.25) is 5.91 Å². The van der Waals surface area contributed by atoms with Crippen molar-refractivity contribution in [2.75, 3.05) is 6.61 Å². The number of unbranched alkanes of at least 4 members (excludes halogenated alkanes) is 3. The van der Waals surface area contributed by atoms with Gasteiger partial charge in [-0.2, -0.15) is 0 Å². The second-order valence-electron chi connectivity index (χ2n) is 8.17. The summed E-state index contributed by atoms with van der Waals surface area (Å²) >= 11 is 0. The zero-order chi connectivity index (χ0) is 18.6. The van der Waals surface area contributed by atoms with E-state index in [0.29, 0.717) is 25.1 Å². The first-order chi connectivity index (χ1) is 12.7. The Morgan fingerprint density at radius 3 is 1.92 bits per heavy atom. The minimum Gasteiger partial charge on any atom is -0.466 e. The number of hydrogen-bond acceptors (Lipinski definition) is 3. The molecule has 2 saturated carbocycles. The molecule has 2 fully saturated rings. The predicted molar refractivity (Wildman–Crippen MR) is 105 cm³/mol. The quantitative estimate of drug-likeness (QED) is 0.385. The van der Waals surface area contributed by atoms with Gasteiger partial charge in [0.15, 0.2) is 0 Å². The molecule has 0 heterocycles. The molecule has 0 aromatic heterocycles. The smallest absolute Gasteiger partial charge is 0.306 e. The summed E-state index contributed by atoms with van der Waals surface area (Å²) in [5.74, 6) is -0.0196. The molecule has 0 saturated heterocycles. The lowest BCUT2D eigenvalue weighted by Gasteiger charge is -2.42. The van der Waals surface area contributed by atoms with Gasteiger partial charge in [-0.3, -0.25) is 9.59 Å². The van der Waals surface area contributed by atoms with Crippen LogP contribution in [-0.2, 0) is 14.3 Å². The highest BCUT2D eigenvalue weighted by atomic mass is 16.5. The Kier molecular flexibility index (Phi) is 10.1. The summed E-state index contributed by atoms with van der Waals surface area (Å²) in [6, 6.07) is 0.814. The second-order valence-corrected chi connectivity index (χ2v) is 8.17. The Labute approximate surface area is 160 Å². The molecule has 2 aliphatic rings. The Morgan fingerprint density at radius 1 is 0.808 bits per heavy atom. The third-order valence-electron chi connectivity index (χ3n) is 6.03. The number of nitrogens with zero attached hydrogens (tertiary/aromatic N) is 1. The van der Waals surface area contributed by atoms with E-state index in [1.807, 2.05) is 0 Å². The SMILES string of the molecule is CCCCCCOC(=O)CCC(=O)N(C1CCCCC1)C1CCCCC1. The molecule has 0 atom stereocenters. The lowest BCUT2D eigenvalue weighted by Crippen LogP contribution is -2.48. The third-order valence-corrected chi connectivity index (χ3v) is 6.03. The van der Waals surface area contributed by atoms with E-state index >= 15 is 0 Å². The fourth-order valence-corrected chi connectivity index (χ4v) is 4.55. The molecule has 0 aliphatic heterocycles. The molecular formula is C22H39NO3. The second kappa shape index (κ2) is 12.3. The number of amides is 1. The molecule has 1 amide bonds. The Hall–Kier alpha value is -1.06. The molecular weight excluding hydrogens is 326 g/mol. The Morgan fingerprint density at radius 2 is 1.38 bits per heavy atom. The molecule has 0 N–H and O–H groups in total. The Bertz CT molecular complexity index is 394. The molecule has 2 aliphatic carbocycles. The van der Waals surface area contributed by atoms with Gasteiger partial charge < -0.3 is 9.64 Å². The van der Waals surface area contributed by atoms with Crippen LogP contribution in [0.3, 0.4) is 0 Å². The highest BCUT2D eigenvalue weighted by Gasteiger charge is 2.32. The van der Waals surface area contributed by atoms with E-state index in [9.17, 15) is 9.59 Å². The lowest BCUT2D eigenvalue weighted by molar-refractivity contribution is -0.148. The topological polar surface area (TPSA) is 46.6 Å². The molecule has 4 nitrogen and oxygen atoms in total. The lowest BCUT2D eigenvalue weighted by atomic mass is 9.88. The van der Waals surface area contributed by atoms with Gasteiger partial charge in [-0.25, -0.2) is 0 Å². The van der Waals surface area contributed by atoms with Crippen LogP contribution in [0.2, 0.25) is 0 Å². The summed E-state index contributed by atoms with van der Waals surface area (Å²) in [6.07, 6.45) is 17.1. The van der Waals surface area contributed by atoms with Crippen LogP contribution < -0.4 is 0 Å². The normalized spacial score (nSPS) is 19.3. The van der Waals surface area contributed by atoms with Gasteiger partial charge in [-0.1, -0.05) is 64.7 Å². The average molecular weight is 366 g/mol. The van der Waals surface area contributed by atoms with Gasteiger partial charge in [0, 0.05) is 18.5 Å². The van der Waals surface area contributed by atoms with Crippen LogP contribution in [-0.4, -0.2) is 35.5 Å². The number of ether oxygens (including phenoxy) is 1. The fraction of sp³-hybridized carbons (Fsp3) is 0.909. The highest BCUT2D eigenvalue weighted by molar-refractivity contribution is 5.81. The molecule has 0 aromatic carbocycles. The number of carbonyl (C=O) groups excluding carboxylic acids is 2. The molecule has 2 rings (SSSR count). The maximum absolute atomic E-state index is 13.0. The zero-order valence-corrected chi connectivity index (χ0v) is 16.8. The molecule has 0 unspecified atom stereocenters. The molecule has 0 aromatic rings. The summed E-state index contributed by atoms with van der Waals surface area (Å²) in [6.45, 7) is 2.67. The highest BCUT2D eigenvalue weighted by Crippen LogP contribution is 2.30. The van der Waals surface area contributed by atoms with E-state index in [-0.39, 0.29) is 18.3 Å². The summed E-state index contributed by atoms with van der Waals surface area (Å²) in [4.78, 5) is 27.1. The van der Waals surface area contributed by atoms with Crippen LogP contribution in [0, 0.1) is 0 Å². The Balaban J connectivity index is 1.78. The third kappa shape index (κ3) is 7.28. The van der Waals surface area contributed by atoms with Crippen LogP contribution in [0.5, 0.6) is 0 Å². The monoisotopic (exact) mass is 365 g/mol. The van der Waals surface area contributed by atoms with Gasteiger partial charge in [0.05, 0.1) is 13.0 Å². The van der Waals surface area contributed by atoms with Gasteiger partial charge in [-0.15, -0.1) is 0 Å². The molecule has 4 heteroatoms. The van der Waals surface area contributed by atoms with Crippen LogP contribution >= 0.6 is 0 Å². The molecule has 0 bridgehead atoms. The van der Waals surface area contributed by atoms with Crippen molar-refractivity contribution in [2.24, 2.45) is 0 Å². The number of esters is 1. The standard InChI is InChI=1S/C22H39NO3/c1-2-3-4-11-18-26-22(25)17-16-21(24)23(19-12-7-5-8-13-19)20-14-9-6-10-15-20/h19-20H,2-18H2,1H3. The summed E-state index contributed by atoms with van der Waals surface area (Å²) < 4.78 is 5.30. The van der Waals surface area contributed by atoms with Crippen LogP contribution in [0.4, 0.5) is 0 Å². The van der Waals surface area contributed by atoms with Gasteiger partial charge in [0.1, 0.15) is 0 Å². The fourth-order valence-electron chi connectivity index (χ4n) is 4.55. The number of rotatable bonds is 10. The number of hydrogen-bond donors (Lipinski definition) is 0. The minimum atomic E-state index is -0.206. The van der Waals surface area contributed by atoms with E-state index in [0.717, 1.165) is 38.5 Å². The van der Waals surface area contributed by atoms with Crippen molar-refractivity contribution < 1.29 is 14.3 Å². The maximum atomic E-state index is 13.0. The summed E-state index contributed by atoms with van der Waals surface area (Å²) in [5, 5.41) is 0. The van der Waals surface area contributed by atoms with Crippen molar-refractivity contribution in [3.8, 4) is 0 Å². The predicted octanol–water partition coefficient (Wildman–Crippen LogP) is 5.38. The van der Waals surface area contributed by atoms with Crippen LogP contribution in [0.1, 0.15) is 110 Å². The summed E-state index contributed by atoms with van der Waals surface area (Å²) in [5.41, 5.74) is 0. The van der Waals surface area contributed by atoms with E-state index in [1.54, 1.807) is 0 Å². The maximum Gasteiger partial charge on any atom is 0.306 e. The average Bonchev–Trinajstić information content (AvgIpc) is 2.68. The summed E-state index contributed by atoms with van der Waals surface area (Å²) in [7, 11) is 0.